The maximum atomic E-state index is 11.0. The highest BCUT2D eigenvalue weighted by Gasteiger charge is 2.33. The molecule has 0 bridgehead atoms. The molecule has 0 unspecified atom stereocenters. The van der Waals surface area contributed by atoms with Crippen LogP contribution in [-0.4, -0.2) is 30.6 Å². The van der Waals surface area contributed by atoms with E-state index in [-0.39, 0.29) is 36.6 Å². The van der Waals surface area contributed by atoms with Crippen LogP contribution in [0.5, 0.6) is 0 Å². The van der Waals surface area contributed by atoms with E-state index in [4.69, 9.17) is 5.11 Å². The number of carbonyl (C=O) groups excluding carboxylic acids is 2. The maximum absolute atomic E-state index is 11.0. The van der Waals surface area contributed by atoms with Gasteiger partial charge in [0, 0.05) is 25.9 Å². The van der Waals surface area contributed by atoms with E-state index in [1.54, 1.807) is 0 Å². The van der Waals surface area contributed by atoms with Gasteiger partial charge in [-0.25, -0.2) is 0 Å². The van der Waals surface area contributed by atoms with Crippen molar-refractivity contribution in [1.82, 2.24) is 0 Å². The fraction of sp³-hybridized carbons (Fsp3) is 0.778. The van der Waals surface area contributed by atoms with Gasteiger partial charge in [-0.1, -0.05) is 0 Å². The van der Waals surface area contributed by atoms with Crippen molar-refractivity contribution >= 4 is 11.8 Å². The largest absolute Gasteiger partial charge is 0.469 e. The fourth-order valence-electron chi connectivity index (χ4n) is 1.75. The van der Waals surface area contributed by atoms with Gasteiger partial charge in [0.2, 0.25) is 0 Å². The summed E-state index contributed by atoms with van der Waals surface area (Å²) in [7, 11) is 1.33. The maximum Gasteiger partial charge on any atom is 0.305 e. The van der Waals surface area contributed by atoms with E-state index in [9.17, 15) is 9.59 Å². The van der Waals surface area contributed by atoms with Crippen LogP contribution in [0.3, 0.4) is 0 Å². The number of methoxy groups -OCH3 is 1. The zero-order chi connectivity index (χ0) is 9.84. The third kappa shape index (κ3) is 2.52. The minimum atomic E-state index is -0.307. The molecular formula is C9H14O4. The molecule has 0 spiro atoms. The van der Waals surface area contributed by atoms with Crippen molar-refractivity contribution in [3.8, 4) is 0 Å². The number of carbonyl (C=O) groups is 2. The van der Waals surface area contributed by atoms with Crippen molar-refractivity contribution < 1.29 is 19.4 Å². The van der Waals surface area contributed by atoms with Gasteiger partial charge >= 0.3 is 5.97 Å². The van der Waals surface area contributed by atoms with Crippen LogP contribution in [0.2, 0.25) is 0 Å². The summed E-state index contributed by atoms with van der Waals surface area (Å²) in [5.41, 5.74) is 0. The number of ether oxygens (including phenoxy) is 1. The minimum Gasteiger partial charge on any atom is -0.469 e. The fourth-order valence-corrected chi connectivity index (χ4v) is 1.75. The molecule has 0 aromatic carbocycles. The number of hydrogen-bond acceptors (Lipinski definition) is 4. The highest BCUT2D eigenvalue weighted by atomic mass is 16.5. The number of aliphatic hydroxyl groups excluding tert-OH is 1. The van der Waals surface area contributed by atoms with Crippen molar-refractivity contribution in [2.24, 2.45) is 11.8 Å². The van der Waals surface area contributed by atoms with Crippen molar-refractivity contribution in [3.05, 3.63) is 0 Å². The highest BCUT2D eigenvalue weighted by molar-refractivity contribution is 5.82. The second kappa shape index (κ2) is 4.37. The van der Waals surface area contributed by atoms with E-state index in [1.807, 2.05) is 0 Å². The van der Waals surface area contributed by atoms with Crippen LogP contribution in [0.1, 0.15) is 19.3 Å². The second-order valence-corrected chi connectivity index (χ2v) is 3.43. The molecule has 0 aromatic heterocycles. The molecule has 1 aliphatic carbocycles. The molecule has 74 valence electrons. The lowest BCUT2D eigenvalue weighted by molar-refractivity contribution is -0.142. The third-order valence-corrected chi connectivity index (χ3v) is 2.54. The number of esters is 1. The van der Waals surface area contributed by atoms with Gasteiger partial charge in [0.1, 0.15) is 5.78 Å². The van der Waals surface area contributed by atoms with Crippen LogP contribution in [0, 0.1) is 11.8 Å². The van der Waals surface area contributed by atoms with Crippen LogP contribution >= 0.6 is 0 Å². The Hall–Kier alpha value is -0.900. The zero-order valence-electron chi connectivity index (χ0n) is 7.66. The summed E-state index contributed by atoms with van der Waals surface area (Å²) >= 11 is 0. The molecule has 0 radical (unpaired) electrons. The Balaban J connectivity index is 2.48. The topological polar surface area (TPSA) is 63.6 Å². The van der Waals surface area contributed by atoms with Crippen molar-refractivity contribution in [2.75, 3.05) is 13.7 Å². The van der Waals surface area contributed by atoms with Gasteiger partial charge in [-0.15, -0.1) is 0 Å². The Kier molecular flexibility index (Phi) is 3.42. The van der Waals surface area contributed by atoms with Gasteiger partial charge in [0.05, 0.1) is 7.11 Å². The summed E-state index contributed by atoms with van der Waals surface area (Å²) in [6.07, 6.45) is 1.05. The predicted molar refractivity (Wildman–Crippen MR) is 44.9 cm³/mol. The monoisotopic (exact) mass is 186 g/mol. The summed E-state index contributed by atoms with van der Waals surface area (Å²) in [6.45, 7) is -0.0204. The average Bonchev–Trinajstić information content (AvgIpc) is 2.46. The standard InChI is InChI=1S/C9H14O4/c1-13-9(12)4-6-2-8(11)3-7(6)5-10/h6-7,10H,2-5H2,1H3/t6-,7+/m0/s1. The molecule has 1 rings (SSSR count). The second-order valence-electron chi connectivity index (χ2n) is 3.43. The quantitative estimate of drug-likeness (QED) is 0.637. The van der Waals surface area contributed by atoms with E-state index in [0.29, 0.717) is 12.8 Å². The van der Waals surface area contributed by atoms with E-state index < -0.39 is 0 Å². The minimum absolute atomic E-state index is 0.0204. The molecular weight excluding hydrogens is 172 g/mol. The van der Waals surface area contributed by atoms with Gasteiger partial charge in [-0.05, 0) is 11.8 Å². The number of rotatable bonds is 3. The summed E-state index contributed by atoms with van der Waals surface area (Å²) in [4.78, 5) is 22.0. The Bertz CT molecular complexity index is 212. The lowest BCUT2D eigenvalue weighted by Crippen LogP contribution is -2.16. The summed E-state index contributed by atoms with van der Waals surface area (Å²) < 4.78 is 4.51. The van der Waals surface area contributed by atoms with Crippen molar-refractivity contribution in [3.63, 3.8) is 0 Å². The van der Waals surface area contributed by atoms with E-state index in [1.165, 1.54) is 7.11 Å². The van der Waals surface area contributed by atoms with Gasteiger partial charge in [0.15, 0.2) is 0 Å². The first-order valence-corrected chi connectivity index (χ1v) is 4.36. The molecule has 0 heterocycles. The first kappa shape index (κ1) is 10.2. The molecule has 4 heteroatoms. The number of hydrogen-bond donors (Lipinski definition) is 1. The van der Waals surface area contributed by atoms with Gasteiger partial charge in [-0.2, -0.15) is 0 Å². The van der Waals surface area contributed by atoms with Crippen LogP contribution in [-0.2, 0) is 14.3 Å². The van der Waals surface area contributed by atoms with Crippen LogP contribution in [0.4, 0.5) is 0 Å². The molecule has 1 saturated carbocycles. The lowest BCUT2D eigenvalue weighted by atomic mass is 9.94. The molecule has 0 amide bonds. The first-order valence-electron chi connectivity index (χ1n) is 4.36. The molecule has 0 saturated heterocycles. The summed E-state index contributed by atoms with van der Waals surface area (Å²) in [5, 5.41) is 8.94. The van der Waals surface area contributed by atoms with Gasteiger partial charge in [-0.3, -0.25) is 9.59 Å². The molecule has 0 aliphatic heterocycles. The molecule has 2 atom stereocenters. The molecule has 0 aromatic rings. The Morgan fingerprint density at radius 3 is 2.69 bits per heavy atom. The normalized spacial score (nSPS) is 27.7. The van der Waals surface area contributed by atoms with Crippen molar-refractivity contribution in [1.29, 1.82) is 0 Å². The number of Topliss-reactive ketones (excluding diaryl/α,β-unsaturated/α-hetero) is 1. The van der Waals surface area contributed by atoms with Gasteiger partial charge in [0.25, 0.3) is 0 Å². The number of ketones is 1. The van der Waals surface area contributed by atoms with Crippen LogP contribution in [0.25, 0.3) is 0 Å². The highest BCUT2D eigenvalue weighted by Crippen LogP contribution is 2.31. The molecule has 1 N–H and O–H groups in total. The van der Waals surface area contributed by atoms with E-state index in [0.717, 1.165) is 0 Å². The van der Waals surface area contributed by atoms with Gasteiger partial charge < -0.3 is 9.84 Å². The lowest BCUT2D eigenvalue weighted by Gasteiger charge is -2.14. The van der Waals surface area contributed by atoms with E-state index in [2.05, 4.69) is 4.74 Å². The molecule has 1 fully saturated rings. The Labute approximate surface area is 76.9 Å². The summed E-state index contributed by atoms with van der Waals surface area (Å²) in [5.74, 6) is -0.248. The number of aliphatic hydroxyl groups is 1. The Morgan fingerprint density at radius 1 is 1.54 bits per heavy atom. The average molecular weight is 186 g/mol. The van der Waals surface area contributed by atoms with Crippen LogP contribution < -0.4 is 0 Å². The molecule has 1 aliphatic rings. The molecule has 13 heavy (non-hydrogen) atoms. The predicted octanol–water partition coefficient (Wildman–Crippen LogP) is 0.137. The summed E-state index contributed by atoms with van der Waals surface area (Å²) in [6, 6.07) is 0. The Morgan fingerprint density at radius 2 is 2.15 bits per heavy atom. The SMILES string of the molecule is COC(=O)C[C@@H]1CC(=O)C[C@@H]1CO. The smallest absolute Gasteiger partial charge is 0.305 e. The first-order chi connectivity index (χ1) is 6.17. The van der Waals surface area contributed by atoms with Crippen LogP contribution in [0.15, 0.2) is 0 Å². The zero-order valence-corrected chi connectivity index (χ0v) is 7.66. The van der Waals surface area contributed by atoms with Crippen molar-refractivity contribution in [2.45, 2.75) is 19.3 Å². The third-order valence-electron chi connectivity index (χ3n) is 2.54. The van der Waals surface area contributed by atoms with E-state index >= 15 is 0 Å². The molecule has 4 nitrogen and oxygen atoms in total.